The number of aromatic nitrogens is 1. The van der Waals surface area contributed by atoms with Crippen LogP contribution in [0.5, 0.6) is 0 Å². The molecule has 1 aliphatic rings. The van der Waals surface area contributed by atoms with Crippen LogP contribution in [0.4, 0.5) is 0 Å². The Hall–Kier alpha value is -2.11. The van der Waals surface area contributed by atoms with E-state index in [9.17, 15) is 9.59 Å². The Morgan fingerprint density at radius 1 is 1.53 bits per heavy atom. The summed E-state index contributed by atoms with van der Waals surface area (Å²) in [6.07, 6.45) is 1.97. The Morgan fingerprint density at radius 2 is 2.21 bits per heavy atom. The van der Waals surface area contributed by atoms with E-state index in [0.29, 0.717) is 12.2 Å². The van der Waals surface area contributed by atoms with Crippen LogP contribution in [-0.2, 0) is 9.59 Å². The molecule has 2 atom stereocenters. The molecule has 2 rings (SSSR count). The Morgan fingerprint density at radius 3 is 2.68 bits per heavy atom. The standard InChI is InChI=1S/C13H16N2O4/c1-7-4-11(14-19-7)8-5-9(8)12(16)10(13(17)18)6-15(2)3/h4,6,8-9H,5H2,1-3H3,(H,17,18)/b10-6+. The average Bonchev–Trinajstić information content (AvgIpc) is 3.01. The third-order valence-corrected chi connectivity index (χ3v) is 3.04. The van der Waals surface area contributed by atoms with Crippen molar-refractivity contribution >= 4 is 11.8 Å². The molecule has 6 nitrogen and oxygen atoms in total. The molecule has 6 heteroatoms. The smallest absolute Gasteiger partial charge is 0.340 e. The lowest BCUT2D eigenvalue weighted by molar-refractivity contribution is -0.135. The second kappa shape index (κ2) is 4.87. The molecule has 19 heavy (non-hydrogen) atoms. The quantitative estimate of drug-likeness (QED) is 0.488. The summed E-state index contributed by atoms with van der Waals surface area (Å²) in [6, 6.07) is 1.79. The van der Waals surface area contributed by atoms with E-state index >= 15 is 0 Å². The first kappa shape index (κ1) is 13.3. The van der Waals surface area contributed by atoms with E-state index in [1.807, 2.05) is 0 Å². The molecule has 0 radical (unpaired) electrons. The molecule has 0 spiro atoms. The van der Waals surface area contributed by atoms with Crippen LogP contribution in [0.15, 0.2) is 22.4 Å². The zero-order chi connectivity index (χ0) is 14.2. The van der Waals surface area contributed by atoms with Gasteiger partial charge < -0.3 is 14.5 Å². The van der Waals surface area contributed by atoms with Gasteiger partial charge in [-0.1, -0.05) is 5.16 Å². The van der Waals surface area contributed by atoms with Crippen molar-refractivity contribution in [1.82, 2.24) is 10.1 Å². The molecule has 1 N–H and O–H groups in total. The molecular weight excluding hydrogens is 248 g/mol. The van der Waals surface area contributed by atoms with Gasteiger partial charge in [0.2, 0.25) is 0 Å². The van der Waals surface area contributed by atoms with E-state index in [0.717, 1.165) is 5.69 Å². The van der Waals surface area contributed by atoms with Gasteiger partial charge in [0.05, 0.1) is 5.69 Å². The van der Waals surface area contributed by atoms with E-state index in [1.54, 1.807) is 32.0 Å². The van der Waals surface area contributed by atoms with Crippen LogP contribution in [0.1, 0.15) is 23.8 Å². The van der Waals surface area contributed by atoms with Gasteiger partial charge in [-0.25, -0.2) is 4.79 Å². The maximum Gasteiger partial charge on any atom is 0.340 e. The molecule has 0 amide bonds. The van der Waals surface area contributed by atoms with Gasteiger partial charge in [-0.3, -0.25) is 4.79 Å². The van der Waals surface area contributed by atoms with Gasteiger partial charge in [-0.2, -0.15) is 0 Å². The zero-order valence-corrected chi connectivity index (χ0v) is 11.1. The predicted molar refractivity (Wildman–Crippen MR) is 66.5 cm³/mol. The number of aliphatic carboxylic acids is 1. The van der Waals surface area contributed by atoms with Crippen molar-refractivity contribution in [2.75, 3.05) is 14.1 Å². The molecule has 1 aliphatic carbocycles. The topological polar surface area (TPSA) is 83.6 Å². The van der Waals surface area contributed by atoms with Crippen LogP contribution in [0.3, 0.4) is 0 Å². The number of nitrogens with zero attached hydrogens (tertiary/aromatic N) is 2. The largest absolute Gasteiger partial charge is 0.478 e. The highest BCUT2D eigenvalue weighted by Gasteiger charge is 2.47. The highest BCUT2D eigenvalue weighted by atomic mass is 16.5. The fourth-order valence-corrected chi connectivity index (χ4v) is 2.05. The van der Waals surface area contributed by atoms with Crippen LogP contribution >= 0.6 is 0 Å². The number of ketones is 1. The highest BCUT2D eigenvalue weighted by Crippen LogP contribution is 2.48. The van der Waals surface area contributed by atoms with Crippen molar-refractivity contribution in [3.05, 3.63) is 29.3 Å². The molecule has 2 unspecified atom stereocenters. The fourth-order valence-electron chi connectivity index (χ4n) is 2.05. The maximum absolute atomic E-state index is 12.1. The molecule has 0 saturated heterocycles. The number of aryl methyl sites for hydroxylation is 1. The minimum Gasteiger partial charge on any atom is -0.478 e. The minimum absolute atomic E-state index is 0.0186. The summed E-state index contributed by atoms with van der Waals surface area (Å²) in [4.78, 5) is 24.8. The van der Waals surface area contributed by atoms with Crippen molar-refractivity contribution in [2.45, 2.75) is 19.3 Å². The van der Waals surface area contributed by atoms with Gasteiger partial charge in [0.15, 0.2) is 5.78 Å². The molecule has 102 valence electrons. The van der Waals surface area contributed by atoms with Gasteiger partial charge in [-0.15, -0.1) is 0 Å². The number of hydrogen-bond donors (Lipinski definition) is 1. The third-order valence-electron chi connectivity index (χ3n) is 3.04. The van der Waals surface area contributed by atoms with Crippen molar-refractivity contribution in [3.8, 4) is 0 Å². The van der Waals surface area contributed by atoms with Gasteiger partial charge in [0.25, 0.3) is 0 Å². The molecule has 1 fully saturated rings. The zero-order valence-electron chi connectivity index (χ0n) is 11.1. The average molecular weight is 264 g/mol. The summed E-state index contributed by atoms with van der Waals surface area (Å²) in [7, 11) is 3.36. The number of carboxylic acid groups (broad SMARTS) is 1. The molecule has 0 bridgehead atoms. The number of Topliss-reactive ketones (excluding diaryl/α,β-unsaturated/α-hetero) is 1. The Kier molecular flexibility index (Phi) is 3.42. The lowest BCUT2D eigenvalue weighted by Crippen LogP contribution is -2.18. The fraction of sp³-hybridized carbons (Fsp3) is 0.462. The van der Waals surface area contributed by atoms with Gasteiger partial charge in [0.1, 0.15) is 11.3 Å². The summed E-state index contributed by atoms with van der Waals surface area (Å²) >= 11 is 0. The highest BCUT2D eigenvalue weighted by molar-refractivity contribution is 6.18. The SMILES string of the molecule is Cc1cc(C2CC2C(=O)/C(=C\N(C)C)C(=O)O)no1. The second-order valence-corrected chi connectivity index (χ2v) is 4.99. The van der Waals surface area contributed by atoms with Gasteiger partial charge >= 0.3 is 5.97 Å². The molecule has 1 aromatic heterocycles. The Labute approximate surface area is 110 Å². The first-order valence-corrected chi connectivity index (χ1v) is 5.99. The maximum atomic E-state index is 12.1. The lowest BCUT2D eigenvalue weighted by atomic mass is 10.1. The van der Waals surface area contributed by atoms with Crippen LogP contribution in [-0.4, -0.2) is 41.0 Å². The molecule has 1 saturated carbocycles. The number of carbonyl (C=O) groups is 2. The van der Waals surface area contributed by atoms with Crippen molar-refractivity contribution in [1.29, 1.82) is 0 Å². The third kappa shape index (κ3) is 2.83. The summed E-state index contributed by atoms with van der Waals surface area (Å²) in [5, 5.41) is 13.0. The first-order valence-electron chi connectivity index (χ1n) is 5.99. The van der Waals surface area contributed by atoms with E-state index < -0.39 is 5.97 Å². The monoisotopic (exact) mass is 264 g/mol. The molecule has 1 aromatic rings. The Balaban J connectivity index is 2.11. The number of hydrogen-bond acceptors (Lipinski definition) is 5. The van der Waals surface area contributed by atoms with Gasteiger partial charge in [0, 0.05) is 38.2 Å². The lowest BCUT2D eigenvalue weighted by Gasteiger charge is -2.07. The summed E-state index contributed by atoms with van der Waals surface area (Å²) in [6.45, 7) is 1.78. The van der Waals surface area contributed by atoms with Crippen LogP contribution < -0.4 is 0 Å². The van der Waals surface area contributed by atoms with E-state index in [-0.39, 0.29) is 23.2 Å². The summed E-state index contributed by atoms with van der Waals surface area (Å²) < 4.78 is 4.97. The molecular formula is C13H16N2O4. The van der Waals surface area contributed by atoms with Gasteiger partial charge in [-0.05, 0) is 13.3 Å². The summed E-state index contributed by atoms with van der Waals surface area (Å²) in [5.74, 6) is -1.16. The first-order chi connectivity index (χ1) is 8.90. The Bertz CT molecular complexity index is 545. The van der Waals surface area contributed by atoms with E-state index in [4.69, 9.17) is 9.63 Å². The van der Waals surface area contributed by atoms with Crippen molar-refractivity contribution < 1.29 is 19.2 Å². The molecule has 0 aliphatic heterocycles. The molecule has 0 aromatic carbocycles. The van der Waals surface area contributed by atoms with E-state index in [2.05, 4.69) is 5.16 Å². The van der Waals surface area contributed by atoms with E-state index in [1.165, 1.54) is 6.20 Å². The van der Waals surface area contributed by atoms with Crippen molar-refractivity contribution in [3.63, 3.8) is 0 Å². The summed E-state index contributed by atoms with van der Waals surface area (Å²) in [5.41, 5.74) is 0.545. The van der Waals surface area contributed by atoms with Crippen LogP contribution in [0.2, 0.25) is 0 Å². The minimum atomic E-state index is -1.19. The van der Waals surface area contributed by atoms with Crippen LogP contribution in [0.25, 0.3) is 0 Å². The number of rotatable bonds is 5. The predicted octanol–water partition coefficient (Wildman–Crippen LogP) is 1.19. The van der Waals surface area contributed by atoms with Crippen LogP contribution in [0, 0.1) is 12.8 Å². The normalized spacial score (nSPS) is 22.2. The number of carboxylic acids is 1. The molecule has 1 heterocycles. The van der Waals surface area contributed by atoms with Crippen molar-refractivity contribution in [2.24, 2.45) is 5.92 Å². The second-order valence-electron chi connectivity index (χ2n) is 4.99. The number of carbonyl (C=O) groups excluding carboxylic acids is 1.